The maximum atomic E-state index is 11.9. The van der Waals surface area contributed by atoms with Gasteiger partial charge >= 0.3 is 12.0 Å². The number of carbonyl (C=O) groups is 2. The number of carbonyl (C=O) groups excluding carboxylic acids is 1. The molecule has 0 bridgehead atoms. The predicted molar refractivity (Wildman–Crippen MR) is 82.3 cm³/mol. The van der Waals surface area contributed by atoms with Gasteiger partial charge in [0.05, 0.1) is 0 Å². The highest BCUT2D eigenvalue weighted by molar-refractivity contribution is 9.10. The van der Waals surface area contributed by atoms with Gasteiger partial charge in [0.2, 0.25) is 0 Å². The van der Waals surface area contributed by atoms with Crippen LogP contribution in [0.3, 0.4) is 0 Å². The van der Waals surface area contributed by atoms with E-state index in [1.807, 2.05) is 0 Å². The largest absolute Gasteiger partial charge is 0.481 e. The molecule has 1 aromatic rings. The van der Waals surface area contributed by atoms with E-state index in [9.17, 15) is 9.59 Å². The summed E-state index contributed by atoms with van der Waals surface area (Å²) in [5.41, 5.74) is -0.0610. The summed E-state index contributed by atoms with van der Waals surface area (Å²) in [6.07, 6.45) is 0.338. The summed E-state index contributed by atoms with van der Waals surface area (Å²) in [6, 6.07) is 4.64. The quantitative estimate of drug-likeness (QED) is 0.743. The number of carboxylic acids is 1. The summed E-state index contributed by atoms with van der Waals surface area (Å²) in [5.74, 6) is -0.890. The SMILES string of the molecule is CC(C)(CCC(=O)O)NC(=O)Nc1cc(Cl)cc(Br)c1. The fourth-order valence-electron chi connectivity index (χ4n) is 1.58. The molecule has 0 spiro atoms. The molecule has 110 valence electrons. The third-order valence-corrected chi connectivity index (χ3v) is 3.21. The van der Waals surface area contributed by atoms with Gasteiger partial charge in [-0.25, -0.2) is 4.79 Å². The van der Waals surface area contributed by atoms with E-state index < -0.39 is 17.5 Å². The number of hydrogen-bond acceptors (Lipinski definition) is 2. The topological polar surface area (TPSA) is 78.4 Å². The van der Waals surface area contributed by atoms with E-state index in [-0.39, 0.29) is 6.42 Å². The third-order valence-electron chi connectivity index (χ3n) is 2.54. The highest BCUT2D eigenvalue weighted by atomic mass is 79.9. The highest BCUT2D eigenvalue weighted by Gasteiger charge is 2.21. The van der Waals surface area contributed by atoms with E-state index in [1.165, 1.54) is 0 Å². The van der Waals surface area contributed by atoms with Crippen molar-refractivity contribution in [2.24, 2.45) is 0 Å². The summed E-state index contributed by atoms with van der Waals surface area (Å²) in [7, 11) is 0. The minimum atomic E-state index is -0.890. The molecule has 0 atom stereocenters. The van der Waals surface area contributed by atoms with Gasteiger partial charge in [0.1, 0.15) is 0 Å². The Morgan fingerprint density at radius 1 is 1.35 bits per heavy atom. The molecule has 2 amide bonds. The second-order valence-electron chi connectivity index (χ2n) is 5.01. The molecular weight excluding hydrogens is 348 g/mol. The summed E-state index contributed by atoms with van der Waals surface area (Å²) >= 11 is 9.17. The first-order chi connectivity index (χ1) is 9.18. The second-order valence-corrected chi connectivity index (χ2v) is 6.37. The van der Waals surface area contributed by atoms with Crippen molar-refractivity contribution >= 4 is 45.2 Å². The molecule has 1 rings (SSSR count). The molecule has 0 saturated carbocycles. The standard InChI is InChI=1S/C13H16BrClN2O3/c1-13(2,4-3-11(18)19)17-12(20)16-10-6-8(14)5-9(15)7-10/h5-7H,3-4H2,1-2H3,(H,18,19)(H2,16,17,20). The summed E-state index contributed by atoms with van der Waals surface area (Å²) in [6.45, 7) is 3.53. The third kappa shape index (κ3) is 6.25. The molecule has 0 aliphatic rings. The summed E-state index contributed by atoms with van der Waals surface area (Å²) in [5, 5.41) is 14.5. The second kappa shape index (κ2) is 6.95. The van der Waals surface area contributed by atoms with Crippen LogP contribution in [0.15, 0.2) is 22.7 Å². The van der Waals surface area contributed by atoms with Crippen LogP contribution in [0, 0.1) is 0 Å². The van der Waals surface area contributed by atoms with Gasteiger partial charge in [-0.3, -0.25) is 4.79 Å². The van der Waals surface area contributed by atoms with Gasteiger partial charge < -0.3 is 15.7 Å². The van der Waals surface area contributed by atoms with Crippen LogP contribution < -0.4 is 10.6 Å². The van der Waals surface area contributed by atoms with Crippen molar-refractivity contribution in [2.75, 3.05) is 5.32 Å². The molecule has 0 saturated heterocycles. The molecule has 0 fully saturated rings. The molecule has 20 heavy (non-hydrogen) atoms. The number of anilines is 1. The van der Waals surface area contributed by atoms with Crippen molar-refractivity contribution in [3.05, 3.63) is 27.7 Å². The number of carboxylic acid groups (broad SMARTS) is 1. The van der Waals surface area contributed by atoms with Gasteiger partial charge in [0.15, 0.2) is 0 Å². The fourth-order valence-corrected chi connectivity index (χ4v) is 2.44. The van der Waals surface area contributed by atoms with Crippen molar-refractivity contribution in [1.82, 2.24) is 5.32 Å². The Morgan fingerprint density at radius 2 is 2.00 bits per heavy atom. The molecule has 5 nitrogen and oxygen atoms in total. The molecule has 0 unspecified atom stereocenters. The van der Waals surface area contributed by atoms with Gasteiger partial charge in [-0.15, -0.1) is 0 Å². The Kier molecular flexibility index (Phi) is 5.83. The number of benzene rings is 1. The van der Waals surface area contributed by atoms with E-state index in [2.05, 4.69) is 26.6 Å². The molecule has 3 N–H and O–H groups in total. The molecular formula is C13H16BrClN2O3. The Bertz CT molecular complexity index is 500. The van der Waals surface area contributed by atoms with Crippen LogP contribution in [0.5, 0.6) is 0 Å². The maximum absolute atomic E-state index is 11.9. The lowest BCUT2D eigenvalue weighted by Gasteiger charge is -2.25. The monoisotopic (exact) mass is 362 g/mol. The fraction of sp³-hybridized carbons (Fsp3) is 0.385. The average molecular weight is 364 g/mol. The Balaban J connectivity index is 2.60. The minimum Gasteiger partial charge on any atom is -0.481 e. The zero-order valence-corrected chi connectivity index (χ0v) is 13.5. The van der Waals surface area contributed by atoms with Gasteiger partial charge in [0.25, 0.3) is 0 Å². The molecule has 7 heteroatoms. The average Bonchev–Trinajstić information content (AvgIpc) is 2.23. The van der Waals surface area contributed by atoms with Gasteiger partial charge in [-0.1, -0.05) is 27.5 Å². The molecule has 0 heterocycles. The Morgan fingerprint density at radius 3 is 2.55 bits per heavy atom. The molecule has 0 aromatic heterocycles. The number of halogens is 2. The van der Waals surface area contributed by atoms with Crippen LogP contribution in [0.2, 0.25) is 5.02 Å². The Labute approximate surface area is 130 Å². The van der Waals surface area contributed by atoms with E-state index >= 15 is 0 Å². The molecule has 0 aliphatic heterocycles. The number of rotatable bonds is 5. The van der Waals surface area contributed by atoms with E-state index in [4.69, 9.17) is 16.7 Å². The van der Waals surface area contributed by atoms with E-state index in [1.54, 1.807) is 32.0 Å². The number of aliphatic carboxylic acids is 1. The van der Waals surface area contributed by atoms with Crippen LogP contribution in [0.1, 0.15) is 26.7 Å². The van der Waals surface area contributed by atoms with Gasteiger partial charge in [-0.2, -0.15) is 0 Å². The smallest absolute Gasteiger partial charge is 0.319 e. The maximum Gasteiger partial charge on any atom is 0.319 e. The van der Waals surface area contributed by atoms with Gasteiger partial charge in [0, 0.05) is 27.1 Å². The van der Waals surface area contributed by atoms with Crippen molar-refractivity contribution in [2.45, 2.75) is 32.2 Å². The zero-order valence-electron chi connectivity index (χ0n) is 11.2. The lowest BCUT2D eigenvalue weighted by Crippen LogP contribution is -2.45. The van der Waals surface area contributed by atoms with Crippen LogP contribution in [0.4, 0.5) is 10.5 Å². The number of nitrogens with one attached hydrogen (secondary N) is 2. The zero-order chi connectivity index (χ0) is 15.3. The van der Waals surface area contributed by atoms with Crippen LogP contribution in [-0.4, -0.2) is 22.6 Å². The number of hydrogen-bond donors (Lipinski definition) is 3. The minimum absolute atomic E-state index is 0.00397. The van der Waals surface area contributed by atoms with Crippen molar-refractivity contribution in [3.63, 3.8) is 0 Å². The lowest BCUT2D eigenvalue weighted by atomic mass is 9.99. The highest BCUT2D eigenvalue weighted by Crippen LogP contribution is 2.23. The van der Waals surface area contributed by atoms with Crippen molar-refractivity contribution in [3.8, 4) is 0 Å². The first kappa shape index (κ1) is 16.8. The van der Waals surface area contributed by atoms with E-state index in [0.29, 0.717) is 17.1 Å². The van der Waals surface area contributed by atoms with Crippen molar-refractivity contribution < 1.29 is 14.7 Å². The van der Waals surface area contributed by atoms with E-state index in [0.717, 1.165) is 4.47 Å². The number of urea groups is 1. The normalized spacial score (nSPS) is 11.0. The van der Waals surface area contributed by atoms with Crippen LogP contribution >= 0.6 is 27.5 Å². The van der Waals surface area contributed by atoms with Crippen LogP contribution in [-0.2, 0) is 4.79 Å². The molecule has 0 radical (unpaired) electrons. The molecule has 0 aliphatic carbocycles. The summed E-state index contributed by atoms with van der Waals surface area (Å²) in [4.78, 5) is 22.4. The first-order valence-corrected chi connectivity index (χ1v) is 7.12. The Hall–Kier alpha value is -1.27. The number of amides is 2. The van der Waals surface area contributed by atoms with Crippen LogP contribution in [0.25, 0.3) is 0 Å². The lowest BCUT2D eigenvalue weighted by molar-refractivity contribution is -0.137. The first-order valence-electron chi connectivity index (χ1n) is 5.95. The molecule has 1 aromatic carbocycles. The van der Waals surface area contributed by atoms with Crippen molar-refractivity contribution in [1.29, 1.82) is 0 Å². The summed E-state index contributed by atoms with van der Waals surface area (Å²) < 4.78 is 0.755. The predicted octanol–water partition coefficient (Wildman–Crippen LogP) is 3.87. The van der Waals surface area contributed by atoms with Gasteiger partial charge in [-0.05, 0) is 38.5 Å².